The molecule has 2 rings (SSSR count). The highest BCUT2D eigenvalue weighted by atomic mass is 35.5. The number of rotatable bonds is 2. The summed E-state index contributed by atoms with van der Waals surface area (Å²) in [6.07, 6.45) is 2.85. The number of carbonyl (C=O) groups excluding carboxylic acids is 2. The molecule has 92 valence electrons. The van der Waals surface area contributed by atoms with Crippen LogP contribution in [0.4, 0.5) is 0 Å². The fourth-order valence-electron chi connectivity index (χ4n) is 1.47. The van der Waals surface area contributed by atoms with Crippen LogP contribution in [-0.4, -0.2) is 23.5 Å². The SMILES string of the molecule is O=C1COC(=O)/C1=C(O)\C=C\c1ccc(Cl)cc1. The monoisotopic (exact) mass is 264 g/mol. The zero-order chi connectivity index (χ0) is 13.1. The maximum atomic E-state index is 11.3. The summed E-state index contributed by atoms with van der Waals surface area (Å²) in [6, 6.07) is 6.87. The van der Waals surface area contributed by atoms with Gasteiger partial charge in [0.15, 0.2) is 6.61 Å². The highest BCUT2D eigenvalue weighted by Gasteiger charge is 2.31. The lowest BCUT2D eigenvalue weighted by Crippen LogP contribution is -2.04. The molecule has 5 heteroatoms. The van der Waals surface area contributed by atoms with Crippen molar-refractivity contribution in [1.29, 1.82) is 0 Å². The second-order valence-corrected chi connectivity index (χ2v) is 4.08. The molecule has 18 heavy (non-hydrogen) atoms. The van der Waals surface area contributed by atoms with Crippen LogP contribution in [0.5, 0.6) is 0 Å². The Labute approximate surface area is 108 Å². The minimum atomic E-state index is -0.793. The Bertz CT molecular complexity index is 537. The highest BCUT2D eigenvalue weighted by Crippen LogP contribution is 2.16. The van der Waals surface area contributed by atoms with Gasteiger partial charge in [-0.3, -0.25) is 4.79 Å². The minimum absolute atomic E-state index is 0.305. The van der Waals surface area contributed by atoms with Crippen molar-refractivity contribution >= 4 is 29.4 Å². The molecule has 0 spiro atoms. The predicted octanol–water partition coefficient (Wildman–Crippen LogP) is 2.29. The van der Waals surface area contributed by atoms with Gasteiger partial charge < -0.3 is 9.84 Å². The summed E-state index contributed by atoms with van der Waals surface area (Å²) in [5.74, 6) is -1.70. The van der Waals surface area contributed by atoms with Crippen LogP contribution >= 0.6 is 11.6 Å². The van der Waals surface area contributed by atoms with Crippen molar-refractivity contribution in [3.63, 3.8) is 0 Å². The maximum absolute atomic E-state index is 11.3. The van der Waals surface area contributed by atoms with Gasteiger partial charge >= 0.3 is 5.97 Å². The van der Waals surface area contributed by atoms with Gasteiger partial charge in [0.05, 0.1) is 0 Å². The molecule has 0 aliphatic carbocycles. The largest absolute Gasteiger partial charge is 0.507 e. The molecule has 1 aliphatic rings. The third-order valence-electron chi connectivity index (χ3n) is 2.38. The van der Waals surface area contributed by atoms with Gasteiger partial charge in [0.2, 0.25) is 5.78 Å². The van der Waals surface area contributed by atoms with E-state index in [1.807, 2.05) is 0 Å². The number of carbonyl (C=O) groups is 2. The number of allylic oxidation sites excluding steroid dienone is 1. The van der Waals surface area contributed by atoms with Gasteiger partial charge in [0.1, 0.15) is 11.3 Å². The first-order chi connectivity index (χ1) is 8.58. The molecule has 1 fully saturated rings. The molecule has 0 aromatic heterocycles. The molecule has 4 nitrogen and oxygen atoms in total. The van der Waals surface area contributed by atoms with Crippen molar-refractivity contribution in [2.75, 3.05) is 6.61 Å². The fraction of sp³-hybridized carbons (Fsp3) is 0.0769. The van der Waals surface area contributed by atoms with Gasteiger partial charge in [0.25, 0.3) is 0 Å². The number of aliphatic hydroxyl groups excluding tert-OH is 1. The van der Waals surface area contributed by atoms with E-state index in [4.69, 9.17) is 11.6 Å². The zero-order valence-electron chi connectivity index (χ0n) is 9.22. The van der Waals surface area contributed by atoms with Crippen molar-refractivity contribution < 1.29 is 19.4 Å². The number of benzene rings is 1. The minimum Gasteiger partial charge on any atom is -0.507 e. The van der Waals surface area contributed by atoms with Gasteiger partial charge in [-0.25, -0.2) is 4.79 Å². The van der Waals surface area contributed by atoms with Crippen LogP contribution in [0, 0.1) is 0 Å². The Balaban J connectivity index is 2.23. The lowest BCUT2D eigenvalue weighted by atomic mass is 10.1. The molecular weight excluding hydrogens is 256 g/mol. The van der Waals surface area contributed by atoms with Crippen LogP contribution in [0.3, 0.4) is 0 Å². The van der Waals surface area contributed by atoms with Crippen LogP contribution in [0.25, 0.3) is 6.08 Å². The molecule has 0 amide bonds. The van der Waals surface area contributed by atoms with Gasteiger partial charge in [-0.15, -0.1) is 0 Å². The van der Waals surface area contributed by atoms with E-state index >= 15 is 0 Å². The topological polar surface area (TPSA) is 63.6 Å². The average molecular weight is 265 g/mol. The van der Waals surface area contributed by atoms with Gasteiger partial charge in [-0.05, 0) is 23.8 Å². The van der Waals surface area contributed by atoms with E-state index in [1.165, 1.54) is 6.08 Å². The third-order valence-corrected chi connectivity index (χ3v) is 2.63. The lowest BCUT2D eigenvalue weighted by Gasteiger charge is -1.96. The molecule has 1 N–H and O–H groups in total. The van der Waals surface area contributed by atoms with Crippen molar-refractivity contribution in [2.24, 2.45) is 0 Å². The molecule has 0 bridgehead atoms. The molecule has 0 unspecified atom stereocenters. The smallest absolute Gasteiger partial charge is 0.346 e. The Morgan fingerprint density at radius 1 is 1.28 bits per heavy atom. The first kappa shape index (κ1) is 12.4. The summed E-state index contributed by atoms with van der Waals surface area (Å²) in [5.41, 5.74) is 0.477. The summed E-state index contributed by atoms with van der Waals surface area (Å²) < 4.78 is 4.51. The predicted molar refractivity (Wildman–Crippen MR) is 66.1 cm³/mol. The number of aliphatic hydroxyl groups is 1. The summed E-state index contributed by atoms with van der Waals surface area (Å²) in [4.78, 5) is 22.4. The number of hydrogen-bond acceptors (Lipinski definition) is 4. The fourth-order valence-corrected chi connectivity index (χ4v) is 1.60. The van der Waals surface area contributed by atoms with Crippen LogP contribution < -0.4 is 0 Å². The van der Waals surface area contributed by atoms with Gasteiger partial charge in [-0.2, -0.15) is 0 Å². The summed E-state index contributed by atoms with van der Waals surface area (Å²) >= 11 is 5.73. The Kier molecular flexibility index (Phi) is 3.48. The number of ketones is 1. The number of esters is 1. The van der Waals surface area contributed by atoms with Crippen molar-refractivity contribution in [2.45, 2.75) is 0 Å². The summed E-state index contributed by atoms with van der Waals surface area (Å²) in [6.45, 7) is -0.312. The van der Waals surface area contributed by atoms with E-state index in [2.05, 4.69) is 4.74 Å². The lowest BCUT2D eigenvalue weighted by molar-refractivity contribution is -0.135. The number of cyclic esters (lactones) is 1. The third kappa shape index (κ3) is 2.60. The van der Waals surface area contributed by atoms with Crippen LogP contribution in [0.1, 0.15) is 5.56 Å². The van der Waals surface area contributed by atoms with E-state index in [1.54, 1.807) is 30.3 Å². The number of Topliss-reactive ketones (excluding diaryl/α,β-unsaturated/α-hetero) is 1. The number of halogens is 1. The number of hydrogen-bond donors (Lipinski definition) is 1. The van der Waals surface area contributed by atoms with Gasteiger partial charge in [-0.1, -0.05) is 29.8 Å². The zero-order valence-corrected chi connectivity index (χ0v) is 9.98. The summed E-state index contributed by atoms with van der Waals surface area (Å²) in [5, 5.41) is 10.3. The standard InChI is InChI=1S/C13H9ClO4/c14-9-4-1-8(2-5-9)3-6-10(15)12-11(16)7-18-13(12)17/h1-6,15H,7H2/b6-3+,12-10+. The molecular formula is C13H9ClO4. The molecule has 0 saturated carbocycles. The van der Waals surface area contributed by atoms with Gasteiger partial charge in [0, 0.05) is 5.02 Å². The van der Waals surface area contributed by atoms with E-state index in [0.29, 0.717) is 5.02 Å². The Hall–Kier alpha value is -2.07. The second-order valence-electron chi connectivity index (χ2n) is 3.64. The Morgan fingerprint density at radius 2 is 1.94 bits per heavy atom. The average Bonchev–Trinajstić information content (AvgIpc) is 2.68. The maximum Gasteiger partial charge on any atom is 0.346 e. The van der Waals surface area contributed by atoms with Crippen LogP contribution in [-0.2, 0) is 14.3 Å². The van der Waals surface area contributed by atoms with E-state index in [-0.39, 0.29) is 12.2 Å². The molecule has 0 atom stereocenters. The summed E-state index contributed by atoms with van der Waals surface area (Å²) in [7, 11) is 0. The molecule has 1 saturated heterocycles. The molecule has 1 aromatic carbocycles. The molecule has 0 radical (unpaired) electrons. The molecule has 1 aliphatic heterocycles. The molecule has 1 aromatic rings. The van der Waals surface area contributed by atoms with Crippen molar-refractivity contribution in [3.8, 4) is 0 Å². The Morgan fingerprint density at radius 3 is 2.50 bits per heavy atom. The quantitative estimate of drug-likeness (QED) is 0.385. The normalized spacial score (nSPS) is 18.3. The van der Waals surface area contributed by atoms with Crippen molar-refractivity contribution in [3.05, 3.63) is 52.3 Å². The van der Waals surface area contributed by atoms with E-state index in [0.717, 1.165) is 5.56 Å². The highest BCUT2D eigenvalue weighted by molar-refractivity contribution is 6.30. The van der Waals surface area contributed by atoms with Crippen LogP contribution in [0.2, 0.25) is 5.02 Å². The first-order valence-corrected chi connectivity index (χ1v) is 5.53. The van der Waals surface area contributed by atoms with Crippen molar-refractivity contribution in [1.82, 2.24) is 0 Å². The van der Waals surface area contributed by atoms with E-state index in [9.17, 15) is 14.7 Å². The second kappa shape index (κ2) is 5.06. The van der Waals surface area contributed by atoms with Crippen LogP contribution in [0.15, 0.2) is 41.7 Å². The molecule has 1 heterocycles. The number of ether oxygens (including phenoxy) is 1. The first-order valence-electron chi connectivity index (χ1n) is 5.15. The van der Waals surface area contributed by atoms with E-state index < -0.39 is 17.5 Å².